The minimum Gasteiger partial charge on any atom is -0.358 e. The largest absolute Gasteiger partial charge is 0.358 e. The van der Waals surface area contributed by atoms with Crippen LogP contribution in [0.5, 0.6) is 0 Å². The van der Waals surface area contributed by atoms with Crippen LogP contribution in [0, 0.1) is 11.6 Å². The van der Waals surface area contributed by atoms with Gasteiger partial charge in [0, 0.05) is 13.0 Å². The van der Waals surface area contributed by atoms with E-state index in [2.05, 4.69) is 22.1 Å². The van der Waals surface area contributed by atoms with E-state index in [-0.39, 0.29) is 23.1 Å². The minimum atomic E-state index is -1.01. The first-order valence-electron chi connectivity index (χ1n) is 7.56. The average Bonchev–Trinajstić information content (AvgIpc) is 2.76. The van der Waals surface area contributed by atoms with Gasteiger partial charge in [0.15, 0.2) is 0 Å². The van der Waals surface area contributed by atoms with Crippen LogP contribution in [0.3, 0.4) is 0 Å². The topological polar surface area (TPSA) is 54.9 Å². The van der Waals surface area contributed by atoms with Crippen LogP contribution < -0.4 is 5.32 Å². The van der Waals surface area contributed by atoms with Crippen LogP contribution in [-0.4, -0.2) is 23.2 Å². The SMILES string of the molecule is C=C1[C@H](C)c2cc(-c3c(F)cccc3F)nnc2[C@@]1(C)C(=O)NC. The number of nitrogens with one attached hydrogen (secondary N) is 1. The van der Waals surface area contributed by atoms with Crippen molar-refractivity contribution in [1.29, 1.82) is 0 Å². The first-order chi connectivity index (χ1) is 11.3. The molecule has 1 N–H and O–H groups in total. The molecular weight excluding hydrogens is 312 g/mol. The van der Waals surface area contributed by atoms with Gasteiger partial charge in [-0.1, -0.05) is 19.6 Å². The van der Waals surface area contributed by atoms with E-state index in [9.17, 15) is 13.6 Å². The number of carbonyl (C=O) groups is 1. The van der Waals surface area contributed by atoms with Crippen LogP contribution in [-0.2, 0) is 10.2 Å². The molecule has 4 nitrogen and oxygen atoms in total. The Hall–Kier alpha value is -2.63. The van der Waals surface area contributed by atoms with Gasteiger partial charge in [0.1, 0.15) is 17.0 Å². The predicted octanol–water partition coefficient (Wildman–Crippen LogP) is 3.10. The van der Waals surface area contributed by atoms with Crippen molar-refractivity contribution in [2.45, 2.75) is 25.2 Å². The fraction of sp³-hybridized carbons (Fsp3) is 0.278. The Balaban J connectivity index is 2.21. The number of hydrogen-bond acceptors (Lipinski definition) is 3. The van der Waals surface area contributed by atoms with Crippen LogP contribution >= 0.6 is 0 Å². The monoisotopic (exact) mass is 329 g/mol. The molecule has 0 fully saturated rings. The molecule has 1 amide bonds. The summed E-state index contributed by atoms with van der Waals surface area (Å²) >= 11 is 0. The lowest BCUT2D eigenvalue weighted by atomic mass is 9.81. The van der Waals surface area contributed by atoms with Gasteiger partial charge in [-0.25, -0.2) is 8.78 Å². The van der Waals surface area contributed by atoms with Crippen molar-refractivity contribution in [3.63, 3.8) is 0 Å². The van der Waals surface area contributed by atoms with Crippen LogP contribution in [0.1, 0.15) is 31.0 Å². The number of fused-ring (bicyclic) bond motifs is 1. The van der Waals surface area contributed by atoms with Crippen LogP contribution in [0.25, 0.3) is 11.3 Å². The zero-order valence-electron chi connectivity index (χ0n) is 13.7. The highest BCUT2D eigenvalue weighted by molar-refractivity contribution is 5.93. The molecule has 3 rings (SSSR count). The fourth-order valence-electron chi connectivity index (χ4n) is 3.27. The molecule has 2 atom stereocenters. The summed E-state index contributed by atoms with van der Waals surface area (Å²) in [7, 11) is 1.54. The van der Waals surface area contributed by atoms with Gasteiger partial charge in [0.05, 0.1) is 17.0 Å². The summed E-state index contributed by atoms with van der Waals surface area (Å²) in [5.41, 5.74) is 0.725. The molecule has 1 aromatic carbocycles. The highest BCUT2D eigenvalue weighted by Gasteiger charge is 2.49. The van der Waals surface area contributed by atoms with E-state index in [1.807, 2.05) is 6.92 Å². The standard InChI is InChI=1S/C18H17F2N3O/c1-9-10(2)18(3,17(24)21-4)16-11(9)8-14(22-23-16)15-12(19)6-5-7-13(15)20/h5-9H,2H2,1,3-4H3,(H,21,24)/t9-,18-/m0/s1. The van der Waals surface area contributed by atoms with Crippen molar-refractivity contribution in [1.82, 2.24) is 15.5 Å². The second-order valence-electron chi connectivity index (χ2n) is 6.08. The molecule has 1 heterocycles. The number of carbonyl (C=O) groups excluding carboxylic acids is 1. The molecule has 1 aliphatic rings. The third kappa shape index (κ3) is 2.06. The second-order valence-corrected chi connectivity index (χ2v) is 6.08. The second kappa shape index (κ2) is 5.47. The minimum absolute atomic E-state index is 0.102. The van der Waals surface area contributed by atoms with Crippen LogP contribution in [0.4, 0.5) is 8.78 Å². The number of benzene rings is 1. The highest BCUT2D eigenvalue weighted by atomic mass is 19.1. The molecule has 0 spiro atoms. The van der Waals surface area contributed by atoms with E-state index in [1.54, 1.807) is 20.0 Å². The molecular formula is C18H17F2N3O. The maximum Gasteiger partial charge on any atom is 0.235 e. The molecule has 0 unspecified atom stereocenters. The molecule has 0 bridgehead atoms. The van der Waals surface area contributed by atoms with E-state index in [4.69, 9.17) is 0 Å². The Bertz CT molecular complexity index is 845. The van der Waals surface area contributed by atoms with Crippen molar-refractivity contribution < 1.29 is 13.6 Å². The summed E-state index contributed by atoms with van der Waals surface area (Å²) in [5.74, 6) is -1.82. The van der Waals surface area contributed by atoms with E-state index < -0.39 is 17.0 Å². The number of likely N-dealkylation sites (N-methyl/N-ethyl adjacent to an activating group) is 1. The molecule has 1 aliphatic carbocycles. The summed E-state index contributed by atoms with van der Waals surface area (Å²) < 4.78 is 28.0. The molecule has 0 saturated carbocycles. The Morgan fingerprint density at radius 2 is 1.92 bits per heavy atom. The molecule has 6 heteroatoms. The number of hydrogen-bond donors (Lipinski definition) is 1. The van der Waals surface area contributed by atoms with Gasteiger partial charge in [-0.05, 0) is 36.3 Å². The summed E-state index contributed by atoms with van der Waals surface area (Å²) in [6.07, 6.45) is 0. The maximum atomic E-state index is 14.0. The number of rotatable bonds is 2. The fourth-order valence-corrected chi connectivity index (χ4v) is 3.27. The van der Waals surface area contributed by atoms with Gasteiger partial charge in [-0.2, -0.15) is 5.10 Å². The van der Waals surface area contributed by atoms with E-state index in [0.717, 1.165) is 0 Å². The molecule has 0 saturated heterocycles. The van der Waals surface area contributed by atoms with Gasteiger partial charge in [0.2, 0.25) is 5.91 Å². The Kier molecular flexibility index (Phi) is 3.70. The zero-order valence-corrected chi connectivity index (χ0v) is 13.7. The van der Waals surface area contributed by atoms with Gasteiger partial charge < -0.3 is 5.32 Å². The Labute approximate surface area is 138 Å². The number of nitrogens with zero attached hydrogens (tertiary/aromatic N) is 2. The third-order valence-corrected chi connectivity index (χ3v) is 4.83. The lowest BCUT2D eigenvalue weighted by Gasteiger charge is -2.24. The summed E-state index contributed by atoms with van der Waals surface area (Å²) in [4.78, 5) is 12.4. The Morgan fingerprint density at radius 3 is 2.50 bits per heavy atom. The lowest BCUT2D eigenvalue weighted by molar-refractivity contribution is -0.124. The van der Waals surface area contributed by atoms with Gasteiger partial charge in [-0.15, -0.1) is 5.10 Å². The first-order valence-corrected chi connectivity index (χ1v) is 7.56. The summed E-state index contributed by atoms with van der Waals surface area (Å²) in [6.45, 7) is 7.65. The average molecular weight is 329 g/mol. The smallest absolute Gasteiger partial charge is 0.235 e. The van der Waals surface area contributed by atoms with Gasteiger partial charge in [0.25, 0.3) is 0 Å². The number of aromatic nitrogens is 2. The quantitative estimate of drug-likeness (QED) is 0.862. The number of amides is 1. The zero-order chi connectivity index (χ0) is 17.6. The third-order valence-electron chi connectivity index (χ3n) is 4.83. The maximum absolute atomic E-state index is 14.0. The van der Waals surface area contributed by atoms with E-state index in [1.165, 1.54) is 18.2 Å². The van der Waals surface area contributed by atoms with Crippen molar-refractivity contribution >= 4 is 5.91 Å². The van der Waals surface area contributed by atoms with Crippen LogP contribution in [0.2, 0.25) is 0 Å². The van der Waals surface area contributed by atoms with Gasteiger partial charge in [-0.3, -0.25) is 4.79 Å². The van der Waals surface area contributed by atoms with Crippen molar-refractivity contribution in [2.24, 2.45) is 0 Å². The first kappa shape index (κ1) is 16.2. The molecule has 1 aromatic heterocycles. The molecule has 0 radical (unpaired) electrons. The van der Waals surface area contributed by atoms with Crippen molar-refractivity contribution in [3.8, 4) is 11.3 Å². The molecule has 0 aliphatic heterocycles. The predicted molar refractivity (Wildman–Crippen MR) is 86.4 cm³/mol. The van der Waals surface area contributed by atoms with E-state index >= 15 is 0 Å². The summed E-state index contributed by atoms with van der Waals surface area (Å²) in [6, 6.07) is 5.23. The molecule has 24 heavy (non-hydrogen) atoms. The molecule has 124 valence electrons. The summed E-state index contributed by atoms with van der Waals surface area (Å²) in [5, 5.41) is 10.7. The lowest BCUT2D eigenvalue weighted by Crippen LogP contribution is -2.40. The van der Waals surface area contributed by atoms with E-state index in [0.29, 0.717) is 16.8 Å². The normalized spacial score (nSPS) is 22.4. The number of halogens is 2. The van der Waals surface area contributed by atoms with Gasteiger partial charge >= 0.3 is 0 Å². The van der Waals surface area contributed by atoms with Crippen molar-refractivity contribution in [2.75, 3.05) is 7.05 Å². The Morgan fingerprint density at radius 1 is 1.29 bits per heavy atom. The molecule has 2 aromatic rings. The van der Waals surface area contributed by atoms with Crippen LogP contribution in [0.15, 0.2) is 36.4 Å². The highest BCUT2D eigenvalue weighted by Crippen LogP contribution is 2.48. The van der Waals surface area contributed by atoms with Crippen molar-refractivity contribution in [3.05, 3.63) is 59.3 Å².